The molecule has 1 saturated heterocycles. The Morgan fingerprint density at radius 1 is 0.909 bits per heavy atom. The van der Waals surface area contributed by atoms with Gasteiger partial charge < -0.3 is 9.84 Å². The highest BCUT2D eigenvalue weighted by atomic mass is 16.5. The molecule has 1 N–H and O–H groups in total. The second-order valence-corrected chi connectivity index (χ2v) is 5.76. The number of benzene rings is 2. The molecule has 2 aromatic rings. The predicted octanol–water partition coefficient (Wildman–Crippen LogP) is 2.66. The molecule has 1 fully saturated rings. The number of aliphatic hydroxyl groups is 1. The number of nitrogens with zero attached hydrogens (tertiary/aromatic N) is 1. The molecule has 0 radical (unpaired) electrons. The molecule has 1 aliphatic heterocycles. The van der Waals surface area contributed by atoms with Gasteiger partial charge in [-0.3, -0.25) is 4.90 Å². The Balaban J connectivity index is 1.81. The third-order valence-corrected chi connectivity index (χ3v) is 4.31. The molecular formula is C19H23NO2. The van der Waals surface area contributed by atoms with Crippen molar-refractivity contribution < 1.29 is 9.84 Å². The molecule has 3 nitrogen and oxygen atoms in total. The molecule has 2 aromatic carbocycles. The lowest BCUT2D eigenvalue weighted by molar-refractivity contribution is -0.0224. The second kappa shape index (κ2) is 7.54. The Kier molecular flexibility index (Phi) is 5.22. The van der Waals surface area contributed by atoms with E-state index in [1.807, 2.05) is 36.4 Å². The van der Waals surface area contributed by atoms with Gasteiger partial charge in [0.25, 0.3) is 0 Å². The van der Waals surface area contributed by atoms with Gasteiger partial charge in [-0.25, -0.2) is 0 Å². The van der Waals surface area contributed by atoms with Gasteiger partial charge in [-0.1, -0.05) is 60.7 Å². The fourth-order valence-corrected chi connectivity index (χ4v) is 3.08. The normalized spacial score (nSPS) is 18.8. The molecule has 0 saturated carbocycles. The molecule has 2 atom stereocenters. The average Bonchev–Trinajstić information content (AvgIpc) is 2.61. The van der Waals surface area contributed by atoms with Crippen molar-refractivity contribution >= 4 is 0 Å². The first-order valence-electron chi connectivity index (χ1n) is 7.93. The van der Waals surface area contributed by atoms with Crippen molar-refractivity contribution in [2.24, 2.45) is 0 Å². The standard InChI is InChI=1S/C19H23NO2/c21-19(17-9-5-2-6-10-17)18(20-11-13-22-14-12-20)15-16-7-3-1-4-8-16/h1-10,18-19,21H,11-15H2/t18-,19-/m1/s1. The Morgan fingerprint density at radius 3 is 2.14 bits per heavy atom. The van der Waals surface area contributed by atoms with Crippen molar-refractivity contribution in [3.63, 3.8) is 0 Å². The number of morpholine rings is 1. The Hall–Kier alpha value is -1.68. The summed E-state index contributed by atoms with van der Waals surface area (Å²) in [5.41, 5.74) is 2.24. The van der Waals surface area contributed by atoms with E-state index in [0.29, 0.717) is 0 Å². The molecule has 0 spiro atoms. The maximum Gasteiger partial charge on any atom is 0.0948 e. The third-order valence-electron chi connectivity index (χ3n) is 4.31. The lowest BCUT2D eigenvalue weighted by atomic mass is 9.94. The summed E-state index contributed by atoms with van der Waals surface area (Å²) in [6, 6.07) is 20.4. The zero-order chi connectivity index (χ0) is 15.2. The summed E-state index contributed by atoms with van der Waals surface area (Å²) in [6.45, 7) is 3.24. The number of aliphatic hydroxyl groups excluding tert-OH is 1. The van der Waals surface area contributed by atoms with Crippen molar-refractivity contribution in [3.05, 3.63) is 71.8 Å². The van der Waals surface area contributed by atoms with E-state index in [4.69, 9.17) is 4.74 Å². The van der Waals surface area contributed by atoms with Crippen molar-refractivity contribution in [1.82, 2.24) is 4.90 Å². The van der Waals surface area contributed by atoms with Crippen molar-refractivity contribution in [2.75, 3.05) is 26.3 Å². The van der Waals surface area contributed by atoms with Crippen LogP contribution in [0.2, 0.25) is 0 Å². The lowest BCUT2D eigenvalue weighted by Crippen LogP contribution is -2.47. The molecule has 1 aliphatic rings. The van der Waals surface area contributed by atoms with Crippen LogP contribution in [0.4, 0.5) is 0 Å². The van der Waals surface area contributed by atoms with Gasteiger partial charge in [0, 0.05) is 19.1 Å². The molecule has 0 bridgehead atoms. The minimum Gasteiger partial charge on any atom is -0.387 e. The fourth-order valence-electron chi connectivity index (χ4n) is 3.08. The summed E-state index contributed by atoms with van der Waals surface area (Å²) in [6.07, 6.45) is 0.358. The van der Waals surface area contributed by atoms with Crippen LogP contribution in [0.15, 0.2) is 60.7 Å². The zero-order valence-electron chi connectivity index (χ0n) is 12.8. The summed E-state index contributed by atoms with van der Waals surface area (Å²) >= 11 is 0. The number of hydrogen-bond acceptors (Lipinski definition) is 3. The molecule has 22 heavy (non-hydrogen) atoms. The Labute approximate surface area is 132 Å². The molecule has 116 valence electrons. The van der Waals surface area contributed by atoms with Gasteiger partial charge in [0.1, 0.15) is 0 Å². The highest BCUT2D eigenvalue weighted by molar-refractivity contribution is 5.22. The summed E-state index contributed by atoms with van der Waals surface area (Å²) in [5, 5.41) is 10.9. The van der Waals surface area contributed by atoms with Crippen LogP contribution in [0.1, 0.15) is 17.2 Å². The van der Waals surface area contributed by atoms with Crippen LogP contribution in [0.25, 0.3) is 0 Å². The maximum absolute atomic E-state index is 10.9. The van der Waals surface area contributed by atoms with Crippen LogP contribution in [-0.2, 0) is 11.2 Å². The second-order valence-electron chi connectivity index (χ2n) is 5.76. The molecule has 3 rings (SSSR count). The summed E-state index contributed by atoms with van der Waals surface area (Å²) in [4.78, 5) is 2.36. The van der Waals surface area contributed by atoms with Gasteiger partial charge in [0.2, 0.25) is 0 Å². The first-order chi connectivity index (χ1) is 10.8. The van der Waals surface area contributed by atoms with E-state index in [0.717, 1.165) is 38.3 Å². The summed E-state index contributed by atoms with van der Waals surface area (Å²) in [7, 11) is 0. The quantitative estimate of drug-likeness (QED) is 0.921. The number of ether oxygens (including phenoxy) is 1. The minimum absolute atomic E-state index is 0.0775. The largest absolute Gasteiger partial charge is 0.387 e. The molecule has 0 aromatic heterocycles. The minimum atomic E-state index is -0.487. The summed E-state index contributed by atoms with van der Waals surface area (Å²) < 4.78 is 5.46. The third kappa shape index (κ3) is 3.74. The van der Waals surface area contributed by atoms with E-state index in [9.17, 15) is 5.11 Å². The number of hydrogen-bond donors (Lipinski definition) is 1. The van der Waals surface area contributed by atoms with E-state index in [-0.39, 0.29) is 6.04 Å². The molecule has 1 heterocycles. The molecule has 0 aliphatic carbocycles. The van der Waals surface area contributed by atoms with Gasteiger partial charge in [-0.05, 0) is 17.5 Å². The van der Waals surface area contributed by atoms with E-state index in [1.165, 1.54) is 5.56 Å². The highest BCUT2D eigenvalue weighted by Gasteiger charge is 2.28. The van der Waals surface area contributed by atoms with Crippen LogP contribution < -0.4 is 0 Å². The summed E-state index contributed by atoms with van der Waals surface area (Å²) in [5.74, 6) is 0. The van der Waals surface area contributed by atoms with Crippen LogP contribution in [-0.4, -0.2) is 42.4 Å². The van der Waals surface area contributed by atoms with Crippen LogP contribution >= 0.6 is 0 Å². The Bertz CT molecular complexity index is 552. The average molecular weight is 297 g/mol. The van der Waals surface area contributed by atoms with Crippen molar-refractivity contribution in [1.29, 1.82) is 0 Å². The van der Waals surface area contributed by atoms with Gasteiger partial charge >= 0.3 is 0 Å². The van der Waals surface area contributed by atoms with Crippen LogP contribution in [0.5, 0.6) is 0 Å². The molecular weight excluding hydrogens is 274 g/mol. The SMILES string of the molecule is O[C@H](c1ccccc1)[C@@H](Cc1ccccc1)N1CCOCC1. The maximum atomic E-state index is 10.9. The number of rotatable bonds is 5. The lowest BCUT2D eigenvalue weighted by Gasteiger charge is -2.37. The van der Waals surface area contributed by atoms with Crippen molar-refractivity contribution in [3.8, 4) is 0 Å². The van der Waals surface area contributed by atoms with Crippen LogP contribution in [0, 0.1) is 0 Å². The van der Waals surface area contributed by atoms with Gasteiger partial charge in [0.05, 0.1) is 19.3 Å². The van der Waals surface area contributed by atoms with E-state index in [1.54, 1.807) is 0 Å². The monoisotopic (exact) mass is 297 g/mol. The predicted molar refractivity (Wildman–Crippen MR) is 87.7 cm³/mol. The fraction of sp³-hybridized carbons (Fsp3) is 0.368. The zero-order valence-corrected chi connectivity index (χ0v) is 12.8. The molecule has 0 amide bonds. The topological polar surface area (TPSA) is 32.7 Å². The van der Waals surface area contributed by atoms with Crippen molar-refractivity contribution in [2.45, 2.75) is 18.6 Å². The van der Waals surface area contributed by atoms with Crippen LogP contribution in [0.3, 0.4) is 0 Å². The molecule has 3 heteroatoms. The van der Waals surface area contributed by atoms with E-state index < -0.39 is 6.10 Å². The van der Waals surface area contributed by atoms with Gasteiger partial charge in [-0.15, -0.1) is 0 Å². The highest BCUT2D eigenvalue weighted by Crippen LogP contribution is 2.25. The Morgan fingerprint density at radius 2 is 1.50 bits per heavy atom. The first-order valence-corrected chi connectivity index (χ1v) is 7.93. The first kappa shape index (κ1) is 15.2. The smallest absolute Gasteiger partial charge is 0.0948 e. The van der Waals surface area contributed by atoms with E-state index in [2.05, 4.69) is 29.2 Å². The molecule has 0 unspecified atom stereocenters. The van der Waals surface area contributed by atoms with Gasteiger partial charge in [-0.2, -0.15) is 0 Å². The van der Waals surface area contributed by atoms with E-state index >= 15 is 0 Å². The van der Waals surface area contributed by atoms with Gasteiger partial charge in [0.15, 0.2) is 0 Å².